The number of hydrogen-bond donors (Lipinski definition) is 1. The predicted octanol–water partition coefficient (Wildman–Crippen LogP) is 1.13. The molecule has 0 aromatic rings. The topological polar surface area (TPSA) is 15.3 Å². The van der Waals surface area contributed by atoms with Crippen LogP contribution in [0.5, 0.6) is 0 Å². The van der Waals surface area contributed by atoms with E-state index in [1.165, 1.54) is 50.5 Å². The minimum absolute atomic E-state index is 0.771. The van der Waals surface area contributed by atoms with Gasteiger partial charge >= 0.3 is 0 Å². The van der Waals surface area contributed by atoms with Gasteiger partial charge in [0.15, 0.2) is 0 Å². The van der Waals surface area contributed by atoms with Crippen LogP contribution in [0.25, 0.3) is 0 Å². The van der Waals surface area contributed by atoms with Gasteiger partial charge in [0.1, 0.15) is 0 Å². The molecule has 2 saturated heterocycles. The lowest BCUT2D eigenvalue weighted by molar-refractivity contribution is 0.214. The number of nitrogens with one attached hydrogen (secondary N) is 1. The van der Waals surface area contributed by atoms with E-state index < -0.39 is 0 Å². The number of nitrogens with zero attached hydrogens (tertiary/aromatic N) is 1. The maximum absolute atomic E-state index is 3.53. The zero-order valence-electron chi connectivity index (χ0n) is 7.59. The number of thioether (sulfide) groups is 1. The Hall–Kier alpha value is 0.270. The van der Waals surface area contributed by atoms with Crippen molar-refractivity contribution in [2.45, 2.75) is 25.3 Å². The van der Waals surface area contributed by atoms with Crippen molar-refractivity contribution in [2.24, 2.45) is 0 Å². The summed E-state index contributed by atoms with van der Waals surface area (Å²) in [4.78, 5) is 2.62. The van der Waals surface area contributed by atoms with Gasteiger partial charge < -0.3 is 10.2 Å². The molecular weight excluding hydrogens is 168 g/mol. The second-order valence-electron chi connectivity index (χ2n) is 3.78. The average molecular weight is 186 g/mol. The van der Waals surface area contributed by atoms with Crippen LogP contribution in [0.1, 0.15) is 19.3 Å². The van der Waals surface area contributed by atoms with Crippen LogP contribution in [0, 0.1) is 0 Å². The van der Waals surface area contributed by atoms with Crippen LogP contribution in [0.4, 0.5) is 0 Å². The molecule has 70 valence electrons. The van der Waals surface area contributed by atoms with Crippen molar-refractivity contribution in [1.29, 1.82) is 0 Å². The lowest BCUT2D eigenvalue weighted by Gasteiger charge is -2.28. The van der Waals surface area contributed by atoms with Crippen molar-refractivity contribution in [3.05, 3.63) is 0 Å². The van der Waals surface area contributed by atoms with Crippen molar-refractivity contribution in [1.82, 2.24) is 10.2 Å². The minimum Gasteiger partial charge on any atom is -0.303 e. The quantitative estimate of drug-likeness (QED) is 0.696. The van der Waals surface area contributed by atoms with Crippen LogP contribution in [-0.4, -0.2) is 42.2 Å². The summed E-state index contributed by atoms with van der Waals surface area (Å²) in [5.74, 6) is 2.48. The van der Waals surface area contributed by atoms with Crippen molar-refractivity contribution in [3.8, 4) is 0 Å². The van der Waals surface area contributed by atoms with Gasteiger partial charge in [-0.05, 0) is 25.9 Å². The third kappa shape index (κ3) is 2.38. The highest BCUT2D eigenvalue weighted by atomic mass is 32.2. The number of likely N-dealkylation sites (tertiary alicyclic amines) is 1. The fourth-order valence-electron chi connectivity index (χ4n) is 2.01. The van der Waals surface area contributed by atoms with Gasteiger partial charge in [-0.15, -0.1) is 11.8 Å². The van der Waals surface area contributed by atoms with Gasteiger partial charge in [-0.25, -0.2) is 0 Å². The van der Waals surface area contributed by atoms with E-state index in [2.05, 4.69) is 10.2 Å². The molecule has 1 unspecified atom stereocenters. The van der Waals surface area contributed by atoms with Gasteiger partial charge in [0.2, 0.25) is 0 Å². The van der Waals surface area contributed by atoms with Crippen LogP contribution < -0.4 is 5.32 Å². The molecule has 2 aliphatic heterocycles. The van der Waals surface area contributed by atoms with Crippen LogP contribution in [0.3, 0.4) is 0 Å². The Kier molecular flexibility index (Phi) is 3.31. The molecule has 0 aromatic heterocycles. The Balaban J connectivity index is 1.69. The van der Waals surface area contributed by atoms with E-state index >= 15 is 0 Å². The Labute approximate surface area is 79.1 Å². The molecule has 2 rings (SSSR count). The van der Waals surface area contributed by atoms with Crippen molar-refractivity contribution >= 4 is 11.8 Å². The molecule has 1 N–H and O–H groups in total. The lowest BCUT2D eigenvalue weighted by Crippen LogP contribution is -2.41. The molecule has 0 amide bonds. The van der Waals surface area contributed by atoms with Crippen molar-refractivity contribution in [3.63, 3.8) is 0 Å². The summed E-state index contributed by atoms with van der Waals surface area (Å²) in [6.45, 7) is 3.96. The van der Waals surface area contributed by atoms with E-state index in [0.29, 0.717) is 0 Å². The maximum Gasteiger partial charge on any atom is 0.0421 e. The number of rotatable bonds is 2. The maximum atomic E-state index is 3.53. The van der Waals surface area contributed by atoms with Crippen molar-refractivity contribution < 1.29 is 0 Å². The van der Waals surface area contributed by atoms with Crippen LogP contribution in [0.2, 0.25) is 0 Å². The predicted molar refractivity (Wildman–Crippen MR) is 54.5 cm³/mol. The second kappa shape index (κ2) is 4.49. The third-order valence-electron chi connectivity index (χ3n) is 2.72. The van der Waals surface area contributed by atoms with E-state index in [1.807, 2.05) is 11.8 Å². The summed E-state index contributed by atoms with van der Waals surface area (Å²) in [5, 5.41) is 3.53. The molecule has 0 aromatic carbocycles. The first-order chi connectivity index (χ1) is 5.95. The highest BCUT2D eigenvalue weighted by molar-refractivity contribution is 7.99. The van der Waals surface area contributed by atoms with E-state index in [1.54, 1.807) is 0 Å². The first-order valence-corrected chi connectivity index (χ1v) is 6.14. The molecule has 0 spiro atoms. The molecular formula is C9H18N2S. The fourth-order valence-corrected chi connectivity index (χ4v) is 2.99. The highest BCUT2D eigenvalue weighted by Crippen LogP contribution is 2.14. The highest BCUT2D eigenvalue weighted by Gasteiger charge is 2.18. The molecule has 2 heterocycles. The molecule has 0 saturated carbocycles. The van der Waals surface area contributed by atoms with Gasteiger partial charge in [0.25, 0.3) is 0 Å². The second-order valence-corrected chi connectivity index (χ2v) is 4.81. The van der Waals surface area contributed by atoms with Gasteiger partial charge in [0.05, 0.1) is 0 Å². The molecule has 2 aliphatic rings. The molecule has 2 nitrogen and oxygen atoms in total. The molecule has 0 radical (unpaired) electrons. The van der Waals surface area contributed by atoms with E-state index in [4.69, 9.17) is 0 Å². The van der Waals surface area contributed by atoms with Crippen LogP contribution in [-0.2, 0) is 0 Å². The van der Waals surface area contributed by atoms with Gasteiger partial charge in [0, 0.05) is 24.2 Å². The number of piperidine rings is 1. The molecule has 12 heavy (non-hydrogen) atoms. The Morgan fingerprint density at radius 1 is 1.25 bits per heavy atom. The zero-order chi connectivity index (χ0) is 8.23. The van der Waals surface area contributed by atoms with Crippen LogP contribution >= 0.6 is 11.8 Å². The van der Waals surface area contributed by atoms with E-state index in [-0.39, 0.29) is 0 Å². The number of hydrogen-bond acceptors (Lipinski definition) is 3. The van der Waals surface area contributed by atoms with E-state index in [0.717, 1.165) is 6.04 Å². The largest absolute Gasteiger partial charge is 0.303 e. The first-order valence-electron chi connectivity index (χ1n) is 4.98. The summed E-state index contributed by atoms with van der Waals surface area (Å²) >= 11 is 2.03. The lowest BCUT2D eigenvalue weighted by atomic mass is 10.1. The minimum atomic E-state index is 0.771. The van der Waals surface area contributed by atoms with Gasteiger partial charge in [-0.1, -0.05) is 6.42 Å². The summed E-state index contributed by atoms with van der Waals surface area (Å²) < 4.78 is 0. The molecule has 1 atom stereocenters. The van der Waals surface area contributed by atoms with Crippen LogP contribution in [0.15, 0.2) is 0 Å². The first kappa shape index (κ1) is 8.85. The molecule has 2 fully saturated rings. The summed E-state index contributed by atoms with van der Waals surface area (Å²) in [6.07, 6.45) is 4.28. The molecule has 3 heteroatoms. The Morgan fingerprint density at radius 3 is 2.75 bits per heavy atom. The summed E-state index contributed by atoms with van der Waals surface area (Å²) in [7, 11) is 0. The van der Waals surface area contributed by atoms with Crippen molar-refractivity contribution in [2.75, 3.05) is 31.3 Å². The smallest absolute Gasteiger partial charge is 0.0421 e. The zero-order valence-corrected chi connectivity index (χ0v) is 8.41. The standard InChI is InChI=1S/C9H18N2S/c1-2-4-11(5-3-1)6-9-7-12-8-10-9/h9-10H,1-8H2. The Bertz CT molecular complexity index is 128. The fraction of sp³-hybridized carbons (Fsp3) is 1.00. The van der Waals surface area contributed by atoms with Gasteiger partial charge in [-0.3, -0.25) is 0 Å². The summed E-state index contributed by atoms with van der Waals surface area (Å²) in [6, 6.07) is 0.771. The third-order valence-corrected chi connectivity index (χ3v) is 3.73. The van der Waals surface area contributed by atoms with Gasteiger partial charge in [-0.2, -0.15) is 0 Å². The molecule has 0 aliphatic carbocycles. The monoisotopic (exact) mass is 186 g/mol. The summed E-state index contributed by atoms with van der Waals surface area (Å²) in [5.41, 5.74) is 0. The Morgan fingerprint density at radius 2 is 2.08 bits per heavy atom. The average Bonchev–Trinajstić information content (AvgIpc) is 2.59. The SMILES string of the molecule is C1CCN(CC2CSCN2)CC1. The molecule has 0 bridgehead atoms. The normalized spacial score (nSPS) is 32.5. The van der Waals surface area contributed by atoms with E-state index in [9.17, 15) is 0 Å².